The second-order valence-corrected chi connectivity index (χ2v) is 6.07. The highest BCUT2D eigenvalue weighted by Crippen LogP contribution is 2.29. The topological polar surface area (TPSA) is 49.6 Å². The van der Waals surface area contributed by atoms with Crippen molar-refractivity contribution in [3.63, 3.8) is 0 Å². The molecule has 0 saturated heterocycles. The van der Waals surface area contributed by atoms with E-state index in [0.29, 0.717) is 6.42 Å². The molecular weight excluding hydrogens is 226 g/mol. The Morgan fingerprint density at radius 3 is 2.28 bits per heavy atom. The van der Waals surface area contributed by atoms with Gasteiger partial charge in [0.1, 0.15) is 0 Å². The second-order valence-electron chi connectivity index (χ2n) is 6.07. The molecule has 1 saturated carbocycles. The van der Waals surface area contributed by atoms with Crippen LogP contribution in [0.2, 0.25) is 0 Å². The van der Waals surface area contributed by atoms with E-state index in [0.717, 1.165) is 32.4 Å². The number of nitrogens with two attached hydrogens (primary N) is 1. The van der Waals surface area contributed by atoms with Gasteiger partial charge in [0, 0.05) is 25.6 Å². The maximum atomic E-state index is 12.1. The van der Waals surface area contributed by atoms with Crippen LogP contribution in [0.15, 0.2) is 0 Å². The van der Waals surface area contributed by atoms with E-state index in [1.807, 2.05) is 11.9 Å². The van der Waals surface area contributed by atoms with Gasteiger partial charge < -0.3 is 15.5 Å². The number of nitrogens with zero attached hydrogens (tertiary/aromatic N) is 2. The summed E-state index contributed by atoms with van der Waals surface area (Å²) < 4.78 is 0. The molecule has 0 aliphatic heterocycles. The highest BCUT2D eigenvalue weighted by Gasteiger charge is 2.30. The molecule has 0 aromatic rings. The van der Waals surface area contributed by atoms with Crippen molar-refractivity contribution in [1.29, 1.82) is 0 Å². The summed E-state index contributed by atoms with van der Waals surface area (Å²) in [7, 11) is 6.00. The SMILES string of the molecule is CN(C)CCCN(C)C(=O)CC1(N)CCCCC1. The molecule has 0 spiro atoms. The first kappa shape index (κ1) is 15.4. The number of hydrogen-bond donors (Lipinski definition) is 1. The average Bonchev–Trinajstić information content (AvgIpc) is 2.28. The summed E-state index contributed by atoms with van der Waals surface area (Å²) in [6, 6.07) is 0. The molecule has 2 N–H and O–H groups in total. The van der Waals surface area contributed by atoms with Crippen LogP contribution >= 0.6 is 0 Å². The van der Waals surface area contributed by atoms with Crippen LogP contribution in [-0.4, -0.2) is 55.5 Å². The molecule has 1 aliphatic carbocycles. The Labute approximate surface area is 111 Å². The Bertz CT molecular complexity index is 260. The molecule has 1 aliphatic rings. The molecule has 1 fully saturated rings. The quantitative estimate of drug-likeness (QED) is 0.781. The zero-order valence-corrected chi connectivity index (χ0v) is 12.2. The van der Waals surface area contributed by atoms with Crippen LogP contribution in [0, 0.1) is 0 Å². The van der Waals surface area contributed by atoms with Crippen LogP contribution in [-0.2, 0) is 4.79 Å². The third kappa shape index (κ3) is 5.36. The van der Waals surface area contributed by atoms with Gasteiger partial charge >= 0.3 is 0 Å². The number of amides is 1. The van der Waals surface area contributed by atoms with E-state index in [4.69, 9.17) is 5.73 Å². The normalized spacial score (nSPS) is 18.9. The van der Waals surface area contributed by atoms with Gasteiger partial charge in [0.15, 0.2) is 0 Å². The van der Waals surface area contributed by atoms with Crippen molar-refractivity contribution in [3.8, 4) is 0 Å². The lowest BCUT2D eigenvalue weighted by atomic mass is 9.80. The summed E-state index contributed by atoms with van der Waals surface area (Å²) in [5.74, 6) is 0.207. The van der Waals surface area contributed by atoms with E-state index in [-0.39, 0.29) is 11.4 Å². The summed E-state index contributed by atoms with van der Waals surface area (Å²) in [6.45, 7) is 1.85. The molecule has 0 aromatic heterocycles. The van der Waals surface area contributed by atoms with Crippen molar-refractivity contribution in [2.24, 2.45) is 5.73 Å². The molecule has 18 heavy (non-hydrogen) atoms. The van der Waals surface area contributed by atoms with Gasteiger partial charge in [-0.15, -0.1) is 0 Å². The number of carbonyl (C=O) groups is 1. The highest BCUT2D eigenvalue weighted by atomic mass is 16.2. The second kappa shape index (κ2) is 7.10. The Hall–Kier alpha value is -0.610. The summed E-state index contributed by atoms with van der Waals surface area (Å²) in [5, 5.41) is 0. The predicted octanol–water partition coefficient (Wildman–Crippen LogP) is 1.45. The van der Waals surface area contributed by atoms with Crippen molar-refractivity contribution in [2.45, 2.75) is 50.5 Å². The van der Waals surface area contributed by atoms with Gasteiger partial charge in [0.05, 0.1) is 0 Å². The minimum absolute atomic E-state index is 0.207. The van der Waals surface area contributed by atoms with Crippen molar-refractivity contribution in [1.82, 2.24) is 9.80 Å². The first-order chi connectivity index (χ1) is 8.43. The van der Waals surface area contributed by atoms with Gasteiger partial charge in [-0.3, -0.25) is 4.79 Å². The van der Waals surface area contributed by atoms with Crippen molar-refractivity contribution in [2.75, 3.05) is 34.2 Å². The van der Waals surface area contributed by atoms with Crippen molar-refractivity contribution >= 4 is 5.91 Å². The highest BCUT2D eigenvalue weighted by molar-refractivity contribution is 5.77. The van der Waals surface area contributed by atoms with E-state index in [1.54, 1.807) is 0 Å². The van der Waals surface area contributed by atoms with Crippen LogP contribution in [0.5, 0.6) is 0 Å². The van der Waals surface area contributed by atoms with E-state index >= 15 is 0 Å². The Morgan fingerprint density at radius 2 is 1.72 bits per heavy atom. The average molecular weight is 255 g/mol. The Morgan fingerprint density at radius 1 is 1.11 bits per heavy atom. The van der Waals surface area contributed by atoms with E-state index in [1.165, 1.54) is 19.3 Å². The molecule has 0 heterocycles. The van der Waals surface area contributed by atoms with E-state index < -0.39 is 0 Å². The molecule has 0 radical (unpaired) electrons. The first-order valence-electron chi connectivity index (χ1n) is 7.10. The third-order valence-corrected chi connectivity index (χ3v) is 3.88. The fraction of sp³-hybridized carbons (Fsp3) is 0.929. The Kier molecular flexibility index (Phi) is 6.09. The summed E-state index contributed by atoms with van der Waals surface area (Å²) >= 11 is 0. The minimum atomic E-state index is -0.231. The van der Waals surface area contributed by atoms with Gasteiger partial charge in [0.25, 0.3) is 0 Å². The monoisotopic (exact) mass is 255 g/mol. The molecule has 4 nitrogen and oxygen atoms in total. The summed E-state index contributed by atoms with van der Waals surface area (Å²) in [4.78, 5) is 16.1. The first-order valence-corrected chi connectivity index (χ1v) is 7.10. The van der Waals surface area contributed by atoms with Crippen LogP contribution in [0.3, 0.4) is 0 Å². The zero-order chi connectivity index (χ0) is 13.6. The number of carbonyl (C=O) groups excluding carboxylic acids is 1. The minimum Gasteiger partial charge on any atom is -0.346 e. The van der Waals surface area contributed by atoms with E-state index in [2.05, 4.69) is 19.0 Å². The van der Waals surface area contributed by atoms with Crippen LogP contribution < -0.4 is 5.73 Å². The molecule has 0 atom stereocenters. The van der Waals surface area contributed by atoms with Gasteiger partial charge in [-0.05, 0) is 39.9 Å². The lowest BCUT2D eigenvalue weighted by Crippen LogP contribution is -2.46. The fourth-order valence-electron chi connectivity index (χ4n) is 2.62. The molecule has 0 bridgehead atoms. The molecule has 106 valence electrons. The largest absolute Gasteiger partial charge is 0.346 e. The zero-order valence-electron chi connectivity index (χ0n) is 12.2. The molecular formula is C14H29N3O. The molecule has 1 rings (SSSR count). The maximum Gasteiger partial charge on any atom is 0.224 e. The fourth-order valence-corrected chi connectivity index (χ4v) is 2.62. The lowest BCUT2D eigenvalue weighted by molar-refractivity contribution is -0.131. The van der Waals surface area contributed by atoms with Gasteiger partial charge in [-0.2, -0.15) is 0 Å². The smallest absolute Gasteiger partial charge is 0.224 e. The molecule has 0 aromatic carbocycles. The van der Waals surface area contributed by atoms with Crippen LogP contribution in [0.25, 0.3) is 0 Å². The van der Waals surface area contributed by atoms with Gasteiger partial charge in [-0.25, -0.2) is 0 Å². The van der Waals surface area contributed by atoms with Crippen LogP contribution in [0.1, 0.15) is 44.9 Å². The number of hydrogen-bond acceptors (Lipinski definition) is 3. The maximum absolute atomic E-state index is 12.1. The summed E-state index contributed by atoms with van der Waals surface area (Å²) in [5.41, 5.74) is 6.09. The van der Waals surface area contributed by atoms with Crippen molar-refractivity contribution < 1.29 is 4.79 Å². The molecule has 0 unspecified atom stereocenters. The lowest BCUT2D eigenvalue weighted by Gasteiger charge is -2.34. The van der Waals surface area contributed by atoms with E-state index in [9.17, 15) is 4.79 Å². The Balaban J connectivity index is 2.30. The number of rotatable bonds is 6. The third-order valence-electron chi connectivity index (χ3n) is 3.88. The standard InChI is InChI=1S/C14H29N3O/c1-16(2)10-7-11-17(3)13(18)12-14(15)8-5-4-6-9-14/h4-12,15H2,1-3H3. The predicted molar refractivity (Wildman–Crippen MR) is 75.4 cm³/mol. The molecule has 4 heteroatoms. The van der Waals surface area contributed by atoms with Gasteiger partial charge in [0.2, 0.25) is 5.91 Å². The van der Waals surface area contributed by atoms with Gasteiger partial charge in [-0.1, -0.05) is 19.3 Å². The van der Waals surface area contributed by atoms with Crippen LogP contribution in [0.4, 0.5) is 0 Å². The summed E-state index contributed by atoms with van der Waals surface area (Å²) in [6.07, 6.45) is 7.17. The van der Waals surface area contributed by atoms with Crippen molar-refractivity contribution in [3.05, 3.63) is 0 Å². The molecule has 1 amide bonds.